The number of rotatable bonds is 2. The topological polar surface area (TPSA) is 36.4 Å². The lowest BCUT2D eigenvalue weighted by Gasteiger charge is -2.32. The van der Waals surface area contributed by atoms with Crippen molar-refractivity contribution < 1.29 is 4.79 Å². The molecule has 1 aromatic rings. The fourth-order valence-corrected chi connectivity index (χ4v) is 3.24. The second-order valence-electron chi connectivity index (χ2n) is 6.09. The van der Waals surface area contributed by atoms with Crippen LogP contribution in [0.15, 0.2) is 18.3 Å². The Morgan fingerprint density at radius 3 is 2.80 bits per heavy atom. The first-order chi connectivity index (χ1) is 9.74. The molecule has 0 aromatic carbocycles. The predicted octanol–water partition coefficient (Wildman–Crippen LogP) is 2.55. The summed E-state index contributed by atoms with van der Waals surface area (Å²) in [5, 5.41) is 0. The fourth-order valence-electron chi connectivity index (χ4n) is 3.24. The van der Waals surface area contributed by atoms with Crippen LogP contribution < -0.4 is 4.90 Å². The predicted molar refractivity (Wildman–Crippen MR) is 80.0 cm³/mol. The van der Waals surface area contributed by atoms with E-state index in [0.29, 0.717) is 5.69 Å². The molecule has 4 heteroatoms. The van der Waals surface area contributed by atoms with E-state index in [9.17, 15) is 4.79 Å². The molecule has 1 aromatic heterocycles. The highest BCUT2D eigenvalue weighted by molar-refractivity contribution is 5.93. The normalized spacial score (nSPS) is 23.1. The molecule has 1 atom stereocenters. The van der Waals surface area contributed by atoms with Gasteiger partial charge in [0.15, 0.2) is 0 Å². The molecular weight excluding hydrogens is 250 g/mol. The van der Waals surface area contributed by atoms with Crippen LogP contribution in [0.2, 0.25) is 0 Å². The monoisotopic (exact) mass is 273 g/mol. The molecule has 0 saturated carbocycles. The van der Waals surface area contributed by atoms with Crippen LogP contribution in [0.5, 0.6) is 0 Å². The molecule has 0 N–H and O–H groups in total. The van der Waals surface area contributed by atoms with Gasteiger partial charge in [-0.1, -0.05) is 6.92 Å². The van der Waals surface area contributed by atoms with E-state index >= 15 is 0 Å². The lowest BCUT2D eigenvalue weighted by atomic mass is 10.00. The Balaban J connectivity index is 1.76. The van der Waals surface area contributed by atoms with E-state index in [1.54, 1.807) is 6.20 Å². The molecule has 0 bridgehead atoms. The molecule has 2 aliphatic heterocycles. The molecule has 2 saturated heterocycles. The standard InChI is InChI=1S/C16H23N3O/c1-13-5-4-10-19(12-13)14-6-7-17-15(11-14)16(20)18-8-2-3-9-18/h6-7,11,13H,2-5,8-10,12H2,1H3. The van der Waals surface area contributed by atoms with Gasteiger partial charge in [-0.2, -0.15) is 0 Å². The van der Waals surface area contributed by atoms with E-state index in [1.165, 1.54) is 12.8 Å². The highest BCUT2D eigenvalue weighted by atomic mass is 16.2. The second-order valence-corrected chi connectivity index (χ2v) is 6.09. The summed E-state index contributed by atoms with van der Waals surface area (Å²) in [6.45, 7) is 6.23. The van der Waals surface area contributed by atoms with Gasteiger partial charge in [-0.3, -0.25) is 9.78 Å². The molecule has 0 aliphatic carbocycles. The minimum absolute atomic E-state index is 0.0920. The van der Waals surface area contributed by atoms with Crippen LogP contribution >= 0.6 is 0 Å². The zero-order valence-electron chi connectivity index (χ0n) is 12.2. The zero-order chi connectivity index (χ0) is 13.9. The minimum Gasteiger partial charge on any atom is -0.371 e. The second kappa shape index (κ2) is 5.81. The molecule has 0 spiro atoms. The van der Waals surface area contributed by atoms with Crippen molar-refractivity contribution >= 4 is 11.6 Å². The first-order valence-electron chi connectivity index (χ1n) is 7.74. The van der Waals surface area contributed by atoms with Crippen molar-refractivity contribution in [2.75, 3.05) is 31.1 Å². The maximum absolute atomic E-state index is 12.4. The van der Waals surface area contributed by atoms with Crippen LogP contribution in [-0.4, -0.2) is 42.0 Å². The van der Waals surface area contributed by atoms with Crippen LogP contribution in [0.3, 0.4) is 0 Å². The van der Waals surface area contributed by atoms with Crippen LogP contribution in [0.1, 0.15) is 43.1 Å². The third-order valence-corrected chi connectivity index (χ3v) is 4.38. The van der Waals surface area contributed by atoms with Crippen LogP contribution in [0.25, 0.3) is 0 Å². The Morgan fingerprint density at radius 2 is 2.05 bits per heavy atom. The summed E-state index contributed by atoms with van der Waals surface area (Å²) in [5.41, 5.74) is 1.75. The van der Waals surface area contributed by atoms with Gasteiger partial charge >= 0.3 is 0 Å². The van der Waals surface area contributed by atoms with Crippen LogP contribution in [0.4, 0.5) is 5.69 Å². The van der Waals surface area contributed by atoms with E-state index in [2.05, 4.69) is 16.8 Å². The number of carbonyl (C=O) groups excluding carboxylic acids is 1. The van der Waals surface area contributed by atoms with Crippen LogP contribution in [0, 0.1) is 5.92 Å². The van der Waals surface area contributed by atoms with Crippen molar-refractivity contribution in [2.24, 2.45) is 5.92 Å². The van der Waals surface area contributed by atoms with Crippen molar-refractivity contribution in [1.29, 1.82) is 0 Å². The first kappa shape index (κ1) is 13.4. The van der Waals surface area contributed by atoms with Gasteiger partial charge in [0, 0.05) is 38.1 Å². The summed E-state index contributed by atoms with van der Waals surface area (Å²) < 4.78 is 0. The Morgan fingerprint density at radius 1 is 1.25 bits per heavy atom. The Hall–Kier alpha value is -1.58. The Labute approximate surface area is 120 Å². The van der Waals surface area contributed by atoms with Gasteiger partial charge in [0.05, 0.1) is 0 Å². The van der Waals surface area contributed by atoms with Gasteiger partial charge in [-0.15, -0.1) is 0 Å². The summed E-state index contributed by atoms with van der Waals surface area (Å²) in [6, 6.07) is 4.00. The largest absolute Gasteiger partial charge is 0.371 e. The summed E-state index contributed by atoms with van der Waals surface area (Å²) in [5.74, 6) is 0.823. The van der Waals surface area contributed by atoms with Gasteiger partial charge < -0.3 is 9.80 Å². The highest BCUT2D eigenvalue weighted by Gasteiger charge is 2.22. The molecule has 108 valence electrons. The van der Waals surface area contributed by atoms with Gasteiger partial charge in [-0.05, 0) is 43.7 Å². The van der Waals surface area contributed by atoms with Gasteiger partial charge in [0.1, 0.15) is 5.69 Å². The molecule has 0 radical (unpaired) electrons. The Bertz CT molecular complexity index is 482. The van der Waals surface area contributed by atoms with E-state index in [1.807, 2.05) is 17.0 Å². The van der Waals surface area contributed by atoms with Crippen molar-refractivity contribution in [1.82, 2.24) is 9.88 Å². The molecule has 4 nitrogen and oxygen atoms in total. The third-order valence-electron chi connectivity index (χ3n) is 4.38. The van der Waals surface area contributed by atoms with E-state index in [4.69, 9.17) is 0 Å². The van der Waals surface area contributed by atoms with Crippen molar-refractivity contribution in [3.8, 4) is 0 Å². The number of amides is 1. The summed E-state index contributed by atoms with van der Waals surface area (Å²) in [4.78, 5) is 21.0. The number of aromatic nitrogens is 1. The molecule has 3 heterocycles. The maximum atomic E-state index is 12.4. The molecule has 20 heavy (non-hydrogen) atoms. The van der Waals surface area contributed by atoms with Gasteiger partial charge in [0.25, 0.3) is 5.91 Å². The lowest BCUT2D eigenvalue weighted by molar-refractivity contribution is 0.0787. The molecule has 2 aliphatic rings. The SMILES string of the molecule is CC1CCCN(c2ccnc(C(=O)N3CCCC3)c2)C1. The molecular formula is C16H23N3O. The first-order valence-corrected chi connectivity index (χ1v) is 7.74. The minimum atomic E-state index is 0.0920. The summed E-state index contributed by atoms with van der Waals surface area (Å²) in [6.07, 6.45) is 6.56. The van der Waals surface area contributed by atoms with Crippen molar-refractivity contribution in [3.05, 3.63) is 24.0 Å². The van der Waals surface area contributed by atoms with Gasteiger partial charge in [-0.25, -0.2) is 0 Å². The number of likely N-dealkylation sites (tertiary alicyclic amines) is 1. The fraction of sp³-hybridized carbons (Fsp3) is 0.625. The van der Waals surface area contributed by atoms with E-state index < -0.39 is 0 Å². The molecule has 3 rings (SSSR count). The van der Waals surface area contributed by atoms with E-state index in [0.717, 1.165) is 50.6 Å². The number of piperidine rings is 1. The molecule has 2 fully saturated rings. The number of pyridine rings is 1. The average Bonchev–Trinajstić information content (AvgIpc) is 3.01. The number of hydrogen-bond donors (Lipinski definition) is 0. The highest BCUT2D eigenvalue weighted by Crippen LogP contribution is 2.23. The smallest absolute Gasteiger partial charge is 0.272 e. The number of carbonyl (C=O) groups is 1. The van der Waals surface area contributed by atoms with E-state index in [-0.39, 0.29) is 5.91 Å². The van der Waals surface area contributed by atoms with Gasteiger partial charge in [0.2, 0.25) is 0 Å². The number of nitrogens with zero attached hydrogens (tertiary/aromatic N) is 3. The summed E-state index contributed by atoms with van der Waals surface area (Å²) >= 11 is 0. The van der Waals surface area contributed by atoms with Crippen molar-refractivity contribution in [3.63, 3.8) is 0 Å². The zero-order valence-corrected chi connectivity index (χ0v) is 12.2. The summed E-state index contributed by atoms with van der Waals surface area (Å²) in [7, 11) is 0. The average molecular weight is 273 g/mol. The maximum Gasteiger partial charge on any atom is 0.272 e. The molecule has 1 amide bonds. The quantitative estimate of drug-likeness (QED) is 0.831. The van der Waals surface area contributed by atoms with Crippen LogP contribution in [-0.2, 0) is 0 Å². The lowest BCUT2D eigenvalue weighted by Crippen LogP contribution is -2.34. The third kappa shape index (κ3) is 2.79. The van der Waals surface area contributed by atoms with Crippen molar-refractivity contribution in [2.45, 2.75) is 32.6 Å². The number of hydrogen-bond acceptors (Lipinski definition) is 3. The number of anilines is 1. The Kier molecular flexibility index (Phi) is 3.90. The molecule has 1 unspecified atom stereocenters.